The maximum absolute atomic E-state index is 13.7. The monoisotopic (exact) mass is 601 g/mol. The van der Waals surface area contributed by atoms with Crippen LogP contribution in [0.25, 0.3) is 27.7 Å². The number of hydrogen-bond acceptors (Lipinski definition) is 7. The summed E-state index contributed by atoms with van der Waals surface area (Å²) in [5.74, 6) is 0. The molecular formula is C30H24ClN5O5S. The Kier molecular flexibility index (Phi) is 7.23. The lowest BCUT2D eigenvalue weighted by Crippen LogP contribution is -2.48. The number of fused-ring (bicyclic) bond motifs is 1. The molecule has 6 rings (SSSR count). The standard InChI is InChI=1S/C30H24ClN5O5S/c31-22-10-13-24(14-11-22)42(40,41)34-18-16-33(17-19-34)23-12-15-27(36(38)39)28(20-23)35-30(37)26-9-5-4-8-25(26)29(32-35)21-6-2-1-3-7-21/h1-15,20H,16-19H2. The first-order valence-electron chi connectivity index (χ1n) is 13.1. The minimum Gasteiger partial charge on any atom is -0.369 e. The van der Waals surface area contributed by atoms with Crippen LogP contribution in [0.2, 0.25) is 5.02 Å². The van der Waals surface area contributed by atoms with Gasteiger partial charge in [-0.3, -0.25) is 14.9 Å². The molecule has 0 saturated carbocycles. The Morgan fingerprint density at radius 3 is 2.12 bits per heavy atom. The highest BCUT2D eigenvalue weighted by molar-refractivity contribution is 7.89. The molecule has 0 N–H and O–H groups in total. The van der Waals surface area contributed by atoms with Gasteiger partial charge >= 0.3 is 0 Å². The van der Waals surface area contributed by atoms with E-state index in [2.05, 4.69) is 5.10 Å². The zero-order chi connectivity index (χ0) is 29.4. The van der Waals surface area contributed by atoms with Crippen molar-refractivity contribution in [3.8, 4) is 16.9 Å². The van der Waals surface area contributed by atoms with E-state index in [0.717, 1.165) is 10.2 Å². The molecule has 1 fully saturated rings. The van der Waals surface area contributed by atoms with Crippen LogP contribution in [-0.4, -0.2) is 53.6 Å². The number of aromatic nitrogens is 2. The lowest BCUT2D eigenvalue weighted by molar-refractivity contribution is -0.384. The number of halogens is 1. The average Bonchev–Trinajstić information content (AvgIpc) is 3.02. The van der Waals surface area contributed by atoms with Gasteiger partial charge in [0.2, 0.25) is 10.0 Å². The van der Waals surface area contributed by atoms with Crippen LogP contribution in [-0.2, 0) is 10.0 Å². The third-order valence-corrected chi connectivity index (χ3v) is 9.46. The fourth-order valence-corrected chi connectivity index (χ4v) is 6.69. The molecule has 0 aliphatic carbocycles. The van der Waals surface area contributed by atoms with Crippen LogP contribution >= 0.6 is 11.6 Å². The minimum atomic E-state index is -3.71. The number of nitro groups is 1. The van der Waals surface area contributed by atoms with Gasteiger partial charge in [0.05, 0.1) is 20.9 Å². The molecule has 2 heterocycles. The minimum absolute atomic E-state index is 0.0293. The molecular weight excluding hydrogens is 578 g/mol. The number of nitrogens with zero attached hydrogens (tertiary/aromatic N) is 5. The van der Waals surface area contributed by atoms with Gasteiger partial charge in [0.1, 0.15) is 5.69 Å². The average molecular weight is 602 g/mol. The lowest BCUT2D eigenvalue weighted by Gasteiger charge is -2.35. The Balaban J connectivity index is 1.38. The van der Waals surface area contributed by atoms with Gasteiger partial charge in [0.15, 0.2) is 0 Å². The summed E-state index contributed by atoms with van der Waals surface area (Å²) < 4.78 is 28.8. The number of sulfonamides is 1. The molecule has 1 aromatic heterocycles. The van der Waals surface area contributed by atoms with Crippen molar-refractivity contribution in [2.45, 2.75) is 4.90 Å². The molecule has 0 radical (unpaired) electrons. The highest BCUT2D eigenvalue weighted by Crippen LogP contribution is 2.31. The van der Waals surface area contributed by atoms with E-state index < -0.39 is 20.5 Å². The first-order valence-corrected chi connectivity index (χ1v) is 14.9. The fraction of sp³-hybridized carbons (Fsp3) is 0.133. The summed E-state index contributed by atoms with van der Waals surface area (Å²) in [5, 5.41) is 18.2. The van der Waals surface area contributed by atoms with Crippen LogP contribution in [0, 0.1) is 10.1 Å². The molecule has 0 atom stereocenters. The lowest BCUT2D eigenvalue weighted by atomic mass is 10.1. The highest BCUT2D eigenvalue weighted by Gasteiger charge is 2.30. The van der Waals surface area contributed by atoms with Crippen molar-refractivity contribution in [2.24, 2.45) is 0 Å². The van der Waals surface area contributed by atoms with E-state index in [4.69, 9.17) is 11.6 Å². The van der Waals surface area contributed by atoms with Gasteiger partial charge in [0.25, 0.3) is 11.2 Å². The normalized spacial score (nSPS) is 14.3. The predicted molar refractivity (Wildman–Crippen MR) is 162 cm³/mol. The summed E-state index contributed by atoms with van der Waals surface area (Å²) in [5.41, 5.74) is 1.17. The van der Waals surface area contributed by atoms with Crippen LogP contribution in [0.4, 0.5) is 11.4 Å². The number of anilines is 1. The van der Waals surface area contributed by atoms with Crippen molar-refractivity contribution < 1.29 is 13.3 Å². The van der Waals surface area contributed by atoms with Crippen LogP contribution < -0.4 is 10.5 Å². The Bertz CT molecular complexity index is 1970. The summed E-state index contributed by atoms with van der Waals surface area (Å²) >= 11 is 5.92. The highest BCUT2D eigenvalue weighted by atomic mass is 35.5. The van der Waals surface area contributed by atoms with E-state index in [1.165, 1.54) is 34.6 Å². The molecule has 1 aliphatic rings. The van der Waals surface area contributed by atoms with Crippen LogP contribution in [0.3, 0.4) is 0 Å². The van der Waals surface area contributed by atoms with Gasteiger partial charge in [-0.25, -0.2) is 8.42 Å². The van der Waals surface area contributed by atoms with Crippen molar-refractivity contribution in [2.75, 3.05) is 31.1 Å². The van der Waals surface area contributed by atoms with E-state index in [1.54, 1.807) is 30.3 Å². The fourth-order valence-electron chi connectivity index (χ4n) is 5.14. The van der Waals surface area contributed by atoms with Gasteiger partial charge in [-0.1, -0.05) is 60.1 Å². The van der Waals surface area contributed by atoms with E-state index in [1.807, 2.05) is 41.3 Å². The summed E-state index contributed by atoms with van der Waals surface area (Å²) in [6.45, 7) is 1.12. The van der Waals surface area contributed by atoms with Gasteiger partial charge < -0.3 is 4.90 Å². The Morgan fingerprint density at radius 1 is 0.810 bits per heavy atom. The van der Waals surface area contributed by atoms with E-state index in [9.17, 15) is 23.3 Å². The first kappa shape index (κ1) is 27.6. The maximum atomic E-state index is 13.7. The SMILES string of the molecule is O=c1c2ccccc2c(-c2ccccc2)nn1-c1cc(N2CCN(S(=O)(=O)c3ccc(Cl)cc3)CC2)ccc1[N+](=O)[O-]. The number of piperazine rings is 1. The molecule has 12 heteroatoms. The summed E-state index contributed by atoms with van der Waals surface area (Å²) in [6, 6.07) is 26.9. The molecule has 10 nitrogen and oxygen atoms in total. The Hall–Kier alpha value is -4.58. The van der Waals surface area contributed by atoms with Crippen LogP contribution in [0.5, 0.6) is 0 Å². The zero-order valence-electron chi connectivity index (χ0n) is 22.1. The largest absolute Gasteiger partial charge is 0.369 e. The summed E-state index contributed by atoms with van der Waals surface area (Å²) in [7, 11) is -3.71. The molecule has 4 aromatic carbocycles. The van der Waals surface area contributed by atoms with Crippen LogP contribution in [0.1, 0.15) is 0 Å². The number of hydrogen-bond donors (Lipinski definition) is 0. The molecule has 0 spiro atoms. The van der Waals surface area contributed by atoms with Crippen molar-refractivity contribution in [3.05, 3.63) is 123 Å². The van der Waals surface area contributed by atoms with Gasteiger partial charge in [-0.2, -0.15) is 14.1 Å². The second-order valence-corrected chi connectivity index (χ2v) is 12.1. The first-order chi connectivity index (χ1) is 20.2. The van der Waals surface area contributed by atoms with E-state index >= 15 is 0 Å². The van der Waals surface area contributed by atoms with Gasteiger partial charge in [-0.15, -0.1) is 0 Å². The topological polar surface area (TPSA) is 119 Å². The van der Waals surface area contributed by atoms with E-state index in [-0.39, 0.29) is 29.4 Å². The van der Waals surface area contributed by atoms with Crippen LogP contribution in [0.15, 0.2) is 107 Å². The molecule has 42 heavy (non-hydrogen) atoms. The predicted octanol–water partition coefficient (Wildman–Crippen LogP) is 5.13. The smallest absolute Gasteiger partial charge is 0.295 e. The number of rotatable bonds is 6. The summed E-state index contributed by atoms with van der Waals surface area (Å²) in [6.07, 6.45) is 0. The number of benzene rings is 4. The summed E-state index contributed by atoms with van der Waals surface area (Å²) in [4.78, 5) is 27.3. The maximum Gasteiger partial charge on any atom is 0.295 e. The molecule has 0 unspecified atom stereocenters. The quantitative estimate of drug-likeness (QED) is 0.196. The van der Waals surface area contributed by atoms with Gasteiger partial charge in [-0.05, 0) is 42.5 Å². The van der Waals surface area contributed by atoms with Crippen molar-refractivity contribution >= 4 is 43.8 Å². The van der Waals surface area contributed by atoms with E-state index in [0.29, 0.717) is 40.3 Å². The van der Waals surface area contributed by atoms with Crippen molar-refractivity contribution in [1.29, 1.82) is 0 Å². The molecule has 1 saturated heterocycles. The Labute approximate surface area is 246 Å². The molecule has 212 valence electrons. The zero-order valence-corrected chi connectivity index (χ0v) is 23.7. The molecule has 5 aromatic rings. The Morgan fingerprint density at radius 2 is 1.45 bits per heavy atom. The van der Waals surface area contributed by atoms with Gasteiger partial charge in [0, 0.05) is 53.9 Å². The second-order valence-electron chi connectivity index (χ2n) is 9.75. The third kappa shape index (κ3) is 5.02. The second kappa shape index (κ2) is 11.0. The van der Waals surface area contributed by atoms with Crippen molar-refractivity contribution in [3.63, 3.8) is 0 Å². The third-order valence-electron chi connectivity index (χ3n) is 7.29. The molecule has 0 amide bonds. The molecule has 0 bridgehead atoms. The molecule has 1 aliphatic heterocycles. The van der Waals surface area contributed by atoms with Crippen molar-refractivity contribution in [1.82, 2.24) is 14.1 Å². The number of nitro benzene ring substituents is 1.